The summed E-state index contributed by atoms with van der Waals surface area (Å²) in [7, 11) is 0. The minimum atomic E-state index is 0.241. The molecule has 3 N–H and O–H groups in total. The Hall–Kier alpha value is -3.52. The van der Waals surface area contributed by atoms with Crippen molar-refractivity contribution < 1.29 is 5.11 Å². The third kappa shape index (κ3) is 4.06. The molecule has 1 aromatic heterocycles. The fourth-order valence-electron chi connectivity index (χ4n) is 2.46. The molecule has 0 aliphatic rings. The molecule has 0 saturated carbocycles. The molecule has 25 heavy (non-hydrogen) atoms. The Bertz CT molecular complexity index is 899. The number of aromatic hydroxyl groups is 1. The molecule has 0 amide bonds. The summed E-state index contributed by atoms with van der Waals surface area (Å²) in [4.78, 5) is 4.54. The quantitative estimate of drug-likeness (QED) is 0.649. The Kier molecular flexibility index (Phi) is 4.82. The van der Waals surface area contributed by atoms with E-state index in [0.717, 1.165) is 16.8 Å². The second-order valence-electron chi connectivity index (χ2n) is 5.67. The van der Waals surface area contributed by atoms with Crippen LogP contribution in [-0.2, 0) is 6.54 Å². The summed E-state index contributed by atoms with van der Waals surface area (Å²) in [5, 5.41) is 25.2. The standard InChI is InChI=1S/C20H18N4O/c1-14-11-19(22-13-15-7-9-17(25)10-8-15)24-20(18(14)12-21)23-16-5-3-2-4-6-16/h2-11,25H,13H2,1H3,(H2,22,23,24). The van der Waals surface area contributed by atoms with Gasteiger partial charge in [-0.2, -0.15) is 5.26 Å². The zero-order valence-electron chi connectivity index (χ0n) is 13.8. The maximum absolute atomic E-state index is 9.43. The SMILES string of the molecule is Cc1cc(NCc2ccc(O)cc2)nc(Nc2ccccc2)c1C#N. The number of nitrogens with zero attached hydrogens (tertiary/aromatic N) is 2. The number of pyridine rings is 1. The Balaban J connectivity index is 1.83. The Labute approximate surface area is 146 Å². The summed E-state index contributed by atoms with van der Waals surface area (Å²) in [6.07, 6.45) is 0. The van der Waals surface area contributed by atoms with Crippen LogP contribution in [0.2, 0.25) is 0 Å². The predicted molar refractivity (Wildman–Crippen MR) is 98.8 cm³/mol. The summed E-state index contributed by atoms with van der Waals surface area (Å²) in [5.41, 5.74) is 3.28. The number of phenols is 1. The first kappa shape index (κ1) is 16.3. The van der Waals surface area contributed by atoms with E-state index in [9.17, 15) is 10.4 Å². The van der Waals surface area contributed by atoms with Crippen molar-refractivity contribution >= 4 is 17.3 Å². The molecule has 0 bridgehead atoms. The van der Waals surface area contributed by atoms with Crippen molar-refractivity contribution in [3.8, 4) is 11.8 Å². The molecule has 0 unspecified atom stereocenters. The van der Waals surface area contributed by atoms with Crippen molar-refractivity contribution in [1.29, 1.82) is 5.26 Å². The number of nitriles is 1. The minimum Gasteiger partial charge on any atom is -0.508 e. The van der Waals surface area contributed by atoms with Crippen LogP contribution in [0, 0.1) is 18.3 Å². The molecule has 5 heteroatoms. The summed E-state index contributed by atoms with van der Waals surface area (Å²) in [6.45, 7) is 2.46. The van der Waals surface area contributed by atoms with Gasteiger partial charge in [0.05, 0.1) is 5.56 Å². The van der Waals surface area contributed by atoms with Crippen molar-refractivity contribution in [2.75, 3.05) is 10.6 Å². The maximum Gasteiger partial charge on any atom is 0.151 e. The zero-order valence-corrected chi connectivity index (χ0v) is 13.8. The molecular weight excluding hydrogens is 312 g/mol. The first-order chi connectivity index (χ1) is 12.2. The number of aryl methyl sites for hydroxylation is 1. The highest BCUT2D eigenvalue weighted by molar-refractivity contribution is 5.67. The van der Waals surface area contributed by atoms with Crippen LogP contribution in [0.25, 0.3) is 0 Å². The third-order valence-corrected chi connectivity index (χ3v) is 3.77. The molecule has 0 fully saturated rings. The highest BCUT2D eigenvalue weighted by Crippen LogP contribution is 2.24. The number of phenolic OH excluding ortho intramolecular Hbond substituents is 1. The van der Waals surface area contributed by atoms with Gasteiger partial charge < -0.3 is 15.7 Å². The molecule has 0 aliphatic heterocycles. The molecular formula is C20H18N4O. The summed E-state index contributed by atoms with van der Waals surface area (Å²) >= 11 is 0. The first-order valence-electron chi connectivity index (χ1n) is 7.91. The number of aromatic nitrogens is 1. The largest absolute Gasteiger partial charge is 0.508 e. The van der Waals surface area contributed by atoms with Crippen molar-refractivity contribution in [3.63, 3.8) is 0 Å². The van der Waals surface area contributed by atoms with Crippen LogP contribution in [0.1, 0.15) is 16.7 Å². The summed E-state index contributed by atoms with van der Waals surface area (Å²) in [6, 6.07) is 20.7. The summed E-state index contributed by atoms with van der Waals surface area (Å²) in [5.74, 6) is 1.45. The average Bonchev–Trinajstić information content (AvgIpc) is 2.62. The van der Waals surface area contributed by atoms with Gasteiger partial charge in [-0.15, -0.1) is 0 Å². The van der Waals surface area contributed by atoms with E-state index in [-0.39, 0.29) is 5.75 Å². The van der Waals surface area contributed by atoms with Gasteiger partial charge in [-0.05, 0) is 48.4 Å². The molecule has 5 nitrogen and oxygen atoms in total. The van der Waals surface area contributed by atoms with E-state index in [1.54, 1.807) is 12.1 Å². The van der Waals surface area contributed by atoms with Gasteiger partial charge in [0.25, 0.3) is 0 Å². The predicted octanol–water partition coefficient (Wildman–Crippen LogP) is 4.32. The van der Waals surface area contributed by atoms with E-state index in [1.807, 2.05) is 55.5 Å². The van der Waals surface area contributed by atoms with Crippen LogP contribution in [0.15, 0.2) is 60.7 Å². The van der Waals surface area contributed by atoms with Gasteiger partial charge in [-0.3, -0.25) is 0 Å². The van der Waals surface area contributed by atoms with Gasteiger partial charge in [-0.25, -0.2) is 4.98 Å². The van der Waals surface area contributed by atoms with Gasteiger partial charge in [0.1, 0.15) is 17.6 Å². The number of hydrogen-bond acceptors (Lipinski definition) is 5. The van der Waals surface area contributed by atoms with E-state index in [0.29, 0.717) is 23.7 Å². The average molecular weight is 330 g/mol. The van der Waals surface area contributed by atoms with Crippen molar-refractivity contribution in [2.45, 2.75) is 13.5 Å². The lowest BCUT2D eigenvalue weighted by molar-refractivity contribution is 0.475. The smallest absolute Gasteiger partial charge is 0.151 e. The lowest BCUT2D eigenvalue weighted by Crippen LogP contribution is -2.06. The van der Waals surface area contributed by atoms with E-state index >= 15 is 0 Å². The highest BCUT2D eigenvalue weighted by Gasteiger charge is 2.10. The van der Waals surface area contributed by atoms with Crippen LogP contribution >= 0.6 is 0 Å². The lowest BCUT2D eigenvalue weighted by Gasteiger charge is -2.13. The molecule has 3 rings (SSSR count). The molecule has 0 aliphatic carbocycles. The molecule has 0 radical (unpaired) electrons. The van der Waals surface area contributed by atoms with Crippen molar-refractivity contribution in [2.24, 2.45) is 0 Å². The highest BCUT2D eigenvalue weighted by atomic mass is 16.3. The molecule has 0 atom stereocenters. The van der Waals surface area contributed by atoms with E-state index < -0.39 is 0 Å². The molecule has 2 aromatic carbocycles. The minimum absolute atomic E-state index is 0.241. The zero-order chi connectivity index (χ0) is 17.6. The summed E-state index contributed by atoms with van der Waals surface area (Å²) < 4.78 is 0. The number of rotatable bonds is 5. The van der Waals surface area contributed by atoms with Crippen LogP contribution in [0.4, 0.5) is 17.3 Å². The second-order valence-corrected chi connectivity index (χ2v) is 5.67. The van der Waals surface area contributed by atoms with Crippen LogP contribution < -0.4 is 10.6 Å². The molecule has 0 spiro atoms. The van der Waals surface area contributed by atoms with Gasteiger partial charge in [0.2, 0.25) is 0 Å². The molecule has 1 heterocycles. The molecule has 124 valence electrons. The Morgan fingerprint density at radius 2 is 1.80 bits per heavy atom. The second kappa shape index (κ2) is 7.37. The van der Waals surface area contributed by atoms with Gasteiger partial charge in [-0.1, -0.05) is 30.3 Å². The third-order valence-electron chi connectivity index (χ3n) is 3.77. The number of anilines is 3. The lowest BCUT2D eigenvalue weighted by atomic mass is 10.1. The van der Waals surface area contributed by atoms with E-state index in [2.05, 4.69) is 21.7 Å². The van der Waals surface area contributed by atoms with Crippen LogP contribution in [-0.4, -0.2) is 10.1 Å². The van der Waals surface area contributed by atoms with E-state index in [4.69, 9.17) is 0 Å². The van der Waals surface area contributed by atoms with Crippen molar-refractivity contribution in [1.82, 2.24) is 4.98 Å². The fraction of sp³-hybridized carbons (Fsp3) is 0.100. The van der Waals surface area contributed by atoms with Gasteiger partial charge in [0, 0.05) is 12.2 Å². The first-order valence-corrected chi connectivity index (χ1v) is 7.91. The Morgan fingerprint density at radius 1 is 1.08 bits per heavy atom. The number of hydrogen-bond donors (Lipinski definition) is 3. The topological polar surface area (TPSA) is 81.0 Å². The number of benzene rings is 2. The normalized spacial score (nSPS) is 10.1. The van der Waals surface area contributed by atoms with Crippen LogP contribution in [0.5, 0.6) is 5.75 Å². The molecule has 0 saturated heterocycles. The van der Waals surface area contributed by atoms with Crippen LogP contribution in [0.3, 0.4) is 0 Å². The Morgan fingerprint density at radius 3 is 2.48 bits per heavy atom. The monoisotopic (exact) mass is 330 g/mol. The van der Waals surface area contributed by atoms with Gasteiger partial charge in [0.15, 0.2) is 5.82 Å². The maximum atomic E-state index is 9.43. The fourth-order valence-corrected chi connectivity index (χ4v) is 2.46. The van der Waals surface area contributed by atoms with Crippen molar-refractivity contribution in [3.05, 3.63) is 77.4 Å². The van der Waals surface area contributed by atoms with Gasteiger partial charge >= 0.3 is 0 Å². The molecule has 3 aromatic rings. The number of para-hydroxylation sites is 1. The van der Waals surface area contributed by atoms with E-state index in [1.165, 1.54) is 0 Å². The number of nitrogens with one attached hydrogen (secondary N) is 2.